The van der Waals surface area contributed by atoms with Crippen molar-refractivity contribution in [2.24, 2.45) is 34.4 Å². The molecular weight excluding hydrogens is 1060 g/mol. The Balaban J connectivity index is 1.55. The van der Waals surface area contributed by atoms with Crippen molar-refractivity contribution >= 4 is 81.8 Å². The number of benzene rings is 4. The first-order chi connectivity index (χ1) is 38.9. The molecule has 0 bridgehead atoms. The lowest BCUT2D eigenvalue weighted by Crippen LogP contribution is -2.44. The van der Waals surface area contributed by atoms with Crippen molar-refractivity contribution in [3.63, 3.8) is 0 Å². The third kappa shape index (κ3) is 20.4. The number of amides is 8. The number of methoxy groups -OCH3 is 3. The molecule has 8 amide bonds. The molecule has 440 valence electrons. The summed E-state index contributed by atoms with van der Waals surface area (Å²) >= 11 is 1.27. The fourth-order valence-electron chi connectivity index (χ4n) is 8.42. The van der Waals surface area contributed by atoms with Gasteiger partial charge in [0.05, 0.1) is 49.6 Å². The van der Waals surface area contributed by atoms with E-state index in [4.69, 9.17) is 48.6 Å². The molecule has 24 nitrogen and oxygen atoms in total. The third-order valence-electron chi connectivity index (χ3n) is 12.9. The van der Waals surface area contributed by atoms with Crippen molar-refractivity contribution < 1.29 is 52.6 Å². The quantitative estimate of drug-likeness (QED) is 0.0231. The number of hydrogen-bond acceptors (Lipinski definition) is 17. The highest BCUT2D eigenvalue weighted by Crippen LogP contribution is 2.28. The predicted molar refractivity (Wildman–Crippen MR) is 314 cm³/mol. The molecule has 4 aromatic carbocycles. The Labute approximate surface area is 476 Å². The number of carbonyl (C=O) groups excluding carboxylic acids is 8. The highest BCUT2D eigenvalue weighted by molar-refractivity contribution is 7.98. The molecule has 4 atom stereocenters. The zero-order chi connectivity index (χ0) is 59.4. The van der Waals surface area contributed by atoms with E-state index in [0.29, 0.717) is 88.9 Å². The highest BCUT2D eigenvalue weighted by Gasteiger charge is 2.29. The fraction of sp³-hybridized carbons (Fsp3) is 0.429. The Morgan fingerprint density at radius 1 is 0.432 bits per heavy atom. The van der Waals surface area contributed by atoms with E-state index in [1.165, 1.54) is 87.7 Å². The van der Waals surface area contributed by atoms with Gasteiger partial charge in [0.15, 0.2) is 0 Å². The van der Waals surface area contributed by atoms with Crippen LogP contribution in [0.1, 0.15) is 118 Å². The van der Waals surface area contributed by atoms with Gasteiger partial charge in [-0.2, -0.15) is 0 Å². The summed E-state index contributed by atoms with van der Waals surface area (Å²) in [5.41, 5.74) is 35.6. The van der Waals surface area contributed by atoms with Crippen LogP contribution in [0.3, 0.4) is 0 Å². The summed E-state index contributed by atoms with van der Waals surface area (Å²) in [6.07, 6.45) is 7.20. The van der Waals surface area contributed by atoms with Crippen molar-refractivity contribution in [3.05, 3.63) is 95.1 Å². The average molecular weight is 1140 g/mol. The van der Waals surface area contributed by atoms with E-state index in [2.05, 4.69) is 37.2 Å². The fourth-order valence-corrected chi connectivity index (χ4v) is 9.00. The van der Waals surface area contributed by atoms with Gasteiger partial charge in [-0.1, -0.05) is 6.42 Å². The predicted octanol–water partition coefficient (Wildman–Crippen LogP) is 3.53. The molecule has 0 unspecified atom stereocenters. The molecule has 0 aliphatic rings. The minimum Gasteiger partial charge on any atom is -0.496 e. The minimum atomic E-state index is -1.14. The van der Waals surface area contributed by atoms with E-state index >= 15 is 0 Å². The van der Waals surface area contributed by atoms with Gasteiger partial charge in [-0.3, -0.25) is 38.4 Å². The van der Waals surface area contributed by atoms with Crippen LogP contribution in [0.2, 0.25) is 0 Å². The minimum absolute atomic E-state index is 0.0352. The molecule has 81 heavy (non-hydrogen) atoms. The van der Waals surface area contributed by atoms with Gasteiger partial charge < -0.3 is 85.8 Å². The number of nitrogens with one attached hydrogen (secondary N) is 7. The maximum atomic E-state index is 14.2. The molecule has 4 aromatic rings. The van der Waals surface area contributed by atoms with Gasteiger partial charge in [0, 0.05) is 27.6 Å². The van der Waals surface area contributed by atoms with Crippen molar-refractivity contribution in [2.45, 2.75) is 106 Å². The number of hydrogen-bond donors (Lipinski definition) is 13. The number of carbonyl (C=O) groups is 8. The summed E-state index contributed by atoms with van der Waals surface area (Å²) in [6.45, 7) is 1.50. The van der Waals surface area contributed by atoms with Gasteiger partial charge in [-0.15, -0.1) is 11.8 Å². The molecule has 19 N–H and O–H groups in total. The van der Waals surface area contributed by atoms with Gasteiger partial charge in [0.25, 0.3) is 23.6 Å². The molecule has 4 rings (SSSR count). The molecule has 0 fully saturated rings. The largest absolute Gasteiger partial charge is 0.496 e. The second-order valence-corrected chi connectivity index (χ2v) is 19.7. The first kappa shape index (κ1) is 65.7. The van der Waals surface area contributed by atoms with E-state index in [0.717, 1.165) is 0 Å². The van der Waals surface area contributed by atoms with Crippen molar-refractivity contribution in [2.75, 3.05) is 75.0 Å². The molecule has 0 heterocycles. The van der Waals surface area contributed by atoms with Crippen molar-refractivity contribution in [1.29, 1.82) is 0 Å². The lowest BCUT2D eigenvalue weighted by molar-refractivity contribution is -0.118. The molecular formula is C56H79N13O11S. The lowest BCUT2D eigenvalue weighted by atomic mass is 10.1. The standard InChI is InChI=1S/C56H79N13O11S/c1-78-45-21-17-33(29-37(45)49(62)70)64-56(77)44(16-8-12-28-60)69-52(73)40-32-36(20-24-48(40)81-4)66-55(76)43(15-7-11-27-59)68-51(72)39-31-35(19-23-47(39)80-3)65-54(75)42(14-6-10-26-58)67-50(71)38-30-34(18-22-46(38)79-2)63-53(74)41(61)13-5-9-25-57/h17-24,29-32,41-44H,5-16,25-28,57-61H2,1-4H3,(H2,62,70)(H,63,74)(H,64,77)(H,65,75)(H,66,76)(H,67,71)(H,68,72)(H,69,73)/t41-,42-,43-,44-/m0/s1. The molecule has 0 saturated heterocycles. The molecule has 0 aliphatic heterocycles. The highest BCUT2D eigenvalue weighted by atomic mass is 32.2. The molecule has 0 aliphatic carbocycles. The first-order valence-electron chi connectivity index (χ1n) is 26.7. The number of nitrogens with two attached hydrogens (primary N) is 6. The average Bonchev–Trinajstić information content (AvgIpc) is 3.48. The van der Waals surface area contributed by atoms with Crippen LogP contribution >= 0.6 is 11.8 Å². The second kappa shape index (κ2) is 34.4. The Kier molecular flexibility index (Phi) is 27.9. The Hall–Kier alpha value is -7.81. The molecule has 0 saturated carbocycles. The Morgan fingerprint density at radius 3 is 1.09 bits per heavy atom. The van der Waals surface area contributed by atoms with E-state index < -0.39 is 71.4 Å². The smallest absolute Gasteiger partial charge is 0.255 e. The first-order valence-corrected chi connectivity index (χ1v) is 27.9. The summed E-state index contributed by atoms with van der Waals surface area (Å²) < 4.78 is 16.2. The Bertz CT molecular complexity index is 2800. The number of anilines is 4. The number of ether oxygens (including phenoxy) is 3. The van der Waals surface area contributed by atoms with Crippen LogP contribution in [0.15, 0.2) is 77.7 Å². The summed E-state index contributed by atoms with van der Waals surface area (Å²) in [4.78, 5) is 110. The number of thioether (sulfide) groups is 1. The molecule has 0 spiro atoms. The number of unbranched alkanes of at least 4 members (excludes halogenated alkanes) is 4. The van der Waals surface area contributed by atoms with Crippen LogP contribution in [-0.2, 0) is 19.2 Å². The maximum Gasteiger partial charge on any atom is 0.255 e. The maximum absolute atomic E-state index is 14.2. The van der Waals surface area contributed by atoms with Gasteiger partial charge in [0.1, 0.15) is 35.4 Å². The van der Waals surface area contributed by atoms with Gasteiger partial charge >= 0.3 is 0 Å². The summed E-state index contributed by atoms with van der Waals surface area (Å²) in [7, 11) is 4.11. The summed E-state index contributed by atoms with van der Waals surface area (Å²) in [6, 6.07) is 13.8. The van der Waals surface area contributed by atoms with Crippen LogP contribution in [0.4, 0.5) is 22.7 Å². The van der Waals surface area contributed by atoms with Crippen molar-refractivity contribution in [3.8, 4) is 17.2 Å². The number of primary amides is 1. The summed E-state index contributed by atoms with van der Waals surface area (Å²) in [5.74, 6) is -4.52. The molecule has 0 radical (unpaired) electrons. The number of rotatable bonds is 35. The molecule has 0 aromatic heterocycles. The normalized spacial score (nSPS) is 12.4. The van der Waals surface area contributed by atoms with Gasteiger partial charge in [-0.05, 0) is 176 Å². The lowest BCUT2D eigenvalue weighted by Gasteiger charge is -2.22. The van der Waals surface area contributed by atoms with Crippen LogP contribution in [0.25, 0.3) is 0 Å². The topological polar surface area (TPSA) is 405 Å². The Morgan fingerprint density at radius 2 is 0.741 bits per heavy atom. The zero-order valence-corrected chi connectivity index (χ0v) is 47.2. The third-order valence-corrected chi connectivity index (χ3v) is 13.7. The van der Waals surface area contributed by atoms with Gasteiger partial charge in [0.2, 0.25) is 23.6 Å². The molecule has 25 heteroatoms. The monoisotopic (exact) mass is 1140 g/mol. The van der Waals surface area contributed by atoms with Crippen LogP contribution in [-0.4, -0.2) is 125 Å². The van der Waals surface area contributed by atoms with E-state index in [9.17, 15) is 38.4 Å². The summed E-state index contributed by atoms with van der Waals surface area (Å²) in [5, 5.41) is 19.5. The zero-order valence-electron chi connectivity index (χ0n) is 46.4. The van der Waals surface area contributed by atoms with E-state index in [-0.39, 0.29) is 81.5 Å². The SMILES string of the molecule is COc1ccc(NC(=O)[C@H](CCCCN)NC(=O)c2cc(NC(=O)[C@H](CCCCN)NC(=O)c3cc(NC(=O)[C@H](CCCCN)NC(=O)c4cc(NC(=O)[C@@H](N)CCCCN)ccc4OC)ccc3OC)ccc2SC)cc1C(N)=O. The van der Waals surface area contributed by atoms with Crippen LogP contribution < -0.4 is 85.8 Å². The van der Waals surface area contributed by atoms with E-state index in [1.807, 2.05) is 0 Å². The van der Waals surface area contributed by atoms with Crippen molar-refractivity contribution in [1.82, 2.24) is 16.0 Å². The van der Waals surface area contributed by atoms with Gasteiger partial charge in [-0.25, -0.2) is 0 Å². The van der Waals surface area contributed by atoms with Crippen LogP contribution in [0.5, 0.6) is 17.2 Å². The van der Waals surface area contributed by atoms with E-state index in [1.54, 1.807) is 24.5 Å². The second-order valence-electron chi connectivity index (χ2n) is 18.8. The van der Waals surface area contributed by atoms with Crippen LogP contribution in [0, 0.1) is 0 Å².